The van der Waals surface area contributed by atoms with Gasteiger partial charge in [-0.1, -0.05) is 60.7 Å². The van der Waals surface area contributed by atoms with Crippen LogP contribution >= 0.6 is 0 Å². The van der Waals surface area contributed by atoms with Crippen LogP contribution < -0.4 is 0 Å². The topological polar surface area (TPSA) is 35.1 Å². The first-order chi connectivity index (χ1) is 12.3. The second kappa shape index (κ2) is 6.52. The second-order valence-electron chi connectivity index (χ2n) is 6.68. The first-order valence-electron chi connectivity index (χ1n) is 8.68. The van der Waals surface area contributed by atoms with Crippen molar-refractivity contribution in [2.24, 2.45) is 5.92 Å². The van der Waals surface area contributed by atoms with Crippen LogP contribution in [0.5, 0.6) is 0 Å². The Hall–Kier alpha value is -2.93. The van der Waals surface area contributed by atoms with Crippen molar-refractivity contribution in [2.75, 3.05) is 0 Å². The molecule has 4 heteroatoms. The maximum absolute atomic E-state index is 8.18. The van der Waals surface area contributed by atoms with Gasteiger partial charge in [-0.05, 0) is 19.3 Å². The predicted octanol–water partition coefficient (Wildman–Crippen LogP) is 4.48. The van der Waals surface area contributed by atoms with Crippen LogP contribution in [-0.4, -0.2) is 14.8 Å². The van der Waals surface area contributed by atoms with Gasteiger partial charge in [-0.25, -0.2) is 6.57 Å². The summed E-state index contributed by atoms with van der Waals surface area (Å²) in [7, 11) is 0. The van der Waals surface area contributed by atoms with Crippen molar-refractivity contribution in [2.45, 2.75) is 30.8 Å². The van der Waals surface area contributed by atoms with Gasteiger partial charge in [-0.2, -0.15) is 0 Å². The minimum atomic E-state index is -0.634. The number of rotatable bonds is 4. The quantitative estimate of drug-likeness (QED) is 0.662. The van der Waals surface area contributed by atoms with Crippen LogP contribution in [0.2, 0.25) is 0 Å². The van der Waals surface area contributed by atoms with Gasteiger partial charge in [0.1, 0.15) is 12.7 Å². The molecule has 1 aliphatic rings. The molecule has 0 bridgehead atoms. The van der Waals surface area contributed by atoms with Gasteiger partial charge in [-0.15, -0.1) is 10.2 Å². The van der Waals surface area contributed by atoms with E-state index in [0.717, 1.165) is 30.4 Å². The summed E-state index contributed by atoms with van der Waals surface area (Å²) in [4.78, 5) is 4.27. The Morgan fingerprint density at radius 2 is 1.44 bits per heavy atom. The van der Waals surface area contributed by atoms with Crippen molar-refractivity contribution in [3.63, 3.8) is 0 Å². The normalized spacial score (nSPS) is 20.3. The van der Waals surface area contributed by atoms with Gasteiger partial charge in [0.2, 0.25) is 0 Å². The van der Waals surface area contributed by atoms with Crippen molar-refractivity contribution < 1.29 is 0 Å². The first-order valence-corrected chi connectivity index (χ1v) is 8.68. The van der Waals surface area contributed by atoms with Crippen LogP contribution in [0, 0.1) is 12.5 Å². The van der Waals surface area contributed by atoms with Crippen LogP contribution in [0.3, 0.4) is 0 Å². The Morgan fingerprint density at radius 1 is 0.880 bits per heavy atom. The molecule has 1 aromatic heterocycles. The lowest BCUT2D eigenvalue weighted by Gasteiger charge is -2.29. The monoisotopic (exact) mass is 328 g/mol. The molecule has 0 aliphatic heterocycles. The van der Waals surface area contributed by atoms with Crippen LogP contribution in [0.1, 0.15) is 36.4 Å². The molecule has 2 atom stereocenters. The molecule has 1 fully saturated rings. The van der Waals surface area contributed by atoms with Crippen LogP contribution in [0.15, 0.2) is 73.3 Å². The fourth-order valence-corrected chi connectivity index (χ4v) is 4.25. The number of benzene rings is 2. The lowest BCUT2D eigenvalue weighted by Crippen LogP contribution is -2.32. The largest absolute Gasteiger partial charge is 0.317 e. The second-order valence-corrected chi connectivity index (χ2v) is 6.68. The van der Waals surface area contributed by atoms with E-state index in [4.69, 9.17) is 6.57 Å². The zero-order valence-corrected chi connectivity index (χ0v) is 14.0. The molecule has 4 nitrogen and oxygen atoms in total. The summed E-state index contributed by atoms with van der Waals surface area (Å²) in [6.07, 6.45) is 6.62. The third kappa shape index (κ3) is 2.62. The molecule has 0 spiro atoms. The van der Waals surface area contributed by atoms with Gasteiger partial charge >= 0.3 is 0 Å². The molecule has 124 valence electrons. The van der Waals surface area contributed by atoms with Gasteiger partial charge in [0, 0.05) is 23.1 Å². The SMILES string of the molecule is [C-]#[N+]C(c1ccccc1)(c1ccccc1)C1CC[C@H](n2cnnc2)C1. The zero-order valence-electron chi connectivity index (χ0n) is 14.0. The van der Waals surface area contributed by atoms with E-state index in [1.165, 1.54) is 0 Å². The van der Waals surface area contributed by atoms with E-state index in [9.17, 15) is 0 Å². The molecule has 0 radical (unpaired) electrons. The first kappa shape index (κ1) is 15.6. The van der Waals surface area contributed by atoms with Crippen molar-refractivity contribution in [3.05, 3.63) is 95.9 Å². The lowest BCUT2D eigenvalue weighted by molar-refractivity contribution is 0.371. The molecule has 2 aromatic carbocycles. The average Bonchev–Trinajstić information content (AvgIpc) is 3.37. The molecule has 3 aromatic rings. The molecule has 4 rings (SSSR count). The summed E-state index contributed by atoms with van der Waals surface area (Å²) in [6.45, 7) is 8.18. The Morgan fingerprint density at radius 3 is 1.96 bits per heavy atom. The molecule has 0 N–H and O–H groups in total. The van der Waals surface area contributed by atoms with Crippen LogP contribution in [0.25, 0.3) is 4.85 Å². The highest BCUT2D eigenvalue weighted by molar-refractivity contribution is 5.43. The smallest absolute Gasteiger partial charge is 0.285 e. The van der Waals surface area contributed by atoms with Crippen molar-refractivity contribution in [1.82, 2.24) is 14.8 Å². The maximum atomic E-state index is 8.18. The minimum Gasteiger partial charge on any atom is -0.317 e. The summed E-state index contributed by atoms with van der Waals surface area (Å²) in [5.41, 5.74) is 1.54. The highest BCUT2D eigenvalue weighted by atomic mass is 15.2. The third-order valence-electron chi connectivity index (χ3n) is 5.46. The summed E-state index contributed by atoms with van der Waals surface area (Å²) >= 11 is 0. The van der Waals surface area contributed by atoms with Gasteiger partial charge in [0.15, 0.2) is 0 Å². The van der Waals surface area contributed by atoms with E-state index in [0.29, 0.717) is 6.04 Å². The van der Waals surface area contributed by atoms with E-state index >= 15 is 0 Å². The fraction of sp³-hybridized carbons (Fsp3) is 0.286. The number of nitrogens with zero attached hydrogens (tertiary/aromatic N) is 4. The maximum Gasteiger partial charge on any atom is 0.285 e. The summed E-state index contributed by atoms with van der Waals surface area (Å²) in [5, 5.41) is 7.89. The Kier molecular flexibility index (Phi) is 4.07. The van der Waals surface area contributed by atoms with E-state index in [-0.39, 0.29) is 5.92 Å². The predicted molar refractivity (Wildman–Crippen MR) is 96.7 cm³/mol. The van der Waals surface area contributed by atoms with Gasteiger partial charge < -0.3 is 4.57 Å². The average molecular weight is 328 g/mol. The number of hydrogen-bond donors (Lipinski definition) is 0. The van der Waals surface area contributed by atoms with Crippen LogP contribution in [0.4, 0.5) is 0 Å². The van der Waals surface area contributed by atoms with Gasteiger partial charge in [0.05, 0.1) is 0 Å². The van der Waals surface area contributed by atoms with Crippen molar-refractivity contribution in [3.8, 4) is 0 Å². The molecular weight excluding hydrogens is 308 g/mol. The van der Waals surface area contributed by atoms with Gasteiger partial charge in [0.25, 0.3) is 5.54 Å². The molecule has 0 saturated heterocycles. The molecular formula is C21H20N4. The number of hydrogen-bond acceptors (Lipinski definition) is 2. The fourth-order valence-electron chi connectivity index (χ4n) is 4.25. The van der Waals surface area contributed by atoms with Crippen molar-refractivity contribution in [1.29, 1.82) is 0 Å². The van der Waals surface area contributed by atoms with E-state index in [2.05, 4.69) is 43.9 Å². The van der Waals surface area contributed by atoms with E-state index in [1.807, 2.05) is 36.4 Å². The Balaban J connectivity index is 1.78. The van der Waals surface area contributed by atoms with Crippen LogP contribution in [-0.2, 0) is 5.54 Å². The summed E-state index contributed by atoms with van der Waals surface area (Å²) in [5.74, 6) is 0.266. The highest BCUT2D eigenvalue weighted by Crippen LogP contribution is 2.50. The molecule has 1 aliphatic carbocycles. The third-order valence-corrected chi connectivity index (χ3v) is 5.46. The summed E-state index contributed by atoms with van der Waals surface area (Å²) in [6, 6.07) is 20.9. The molecule has 1 saturated carbocycles. The Bertz CT molecular complexity index is 810. The van der Waals surface area contributed by atoms with Crippen molar-refractivity contribution >= 4 is 0 Å². The standard InChI is InChI=1S/C21H20N4/c1-22-21(17-8-4-2-5-9-17,18-10-6-3-7-11-18)19-12-13-20(14-19)25-15-23-24-16-25/h2-11,15-16,19-20H,12-14H2/t19?,20-/m0/s1. The Labute approximate surface area is 148 Å². The molecule has 25 heavy (non-hydrogen) atoms. The highest BCUT2D eigenvalue weighted by Gasteiger charge is 2.51. The number of aromatic nitrogens is 3. The van der Waals surface area contributed by atoms with Gasteiger partial charge in [-0.3, -0.25) is 4.85 Å². The van der Waals surface area contributed by atoms with E-state index in [1.54, 1.807) is 12.7 Å². The summed E-state index contributed by atoms with van der Waals surface area (Å²) < 4.78 is 2.09. The minimum absolute atomic E-state index is 0.266. The zero-order chi connectivity index (χ0) is 17.1. The molecule has 1 unspecified atom stereocenters. The molecule has 1 heterocycles. The lowest BCUT2D eigenvalue weighted by atomic mass is 9.72. The van der Waals surface area contributed by atoms with E-state index < -0.39 is 5.54 Å². The molecule has 0 amide bonds.